The summed E-state index contributed by atoms with van der Waals surface area (Å²) in [5.74, 6) is 1.25. The van der Waals surface area contributed by atoms with Crippen molar-refractivity contribution in [3.63, 3.8) is 0 Å². The number of para-hydroxylation sites is 2. The maximum atomic E-state index is 11.9. The van der Waals surface area contributed by atoms with E-state index in [1.54, 1.807) is 38.6 Å². The Hall–Kier alpha value is -2.80. The van der Waals surface area contributed by atoms with E-state index in [0.29, 0.717) is 30.5 Å². The topological polar surface area (TPSA) is 81.7 Å². The number of pyridine rings is 1. The zero-order valence-corrected chi connectivity index (χ0v) is 13.7. The summed E-state index contributed by atoms with van der Waals surface area (Å²) in [6.07, 6.45) is 1.65. The number of ether oxygens (including phenoxy) is 3. The highest BCUT2D eigenvalue weighted by Crippen LogP contribution is 2.25. The molecule has 0 saturated heterocycles. The van der Waals surface area contributed by atoms with Crippen LogP contribution in [0.15, 0.2) is 42.6 Å². The first kappa shape index (κ1) is 17.6. The third-order valence-electron chi connectivity index (χ3n) is 3.09. The SMILES string of the molecule is COCCNc1ccc(NC(=O)COc2ccccc2OC)nc1. The normalized spacial score (nSPS) is 10.1. The Morgan fingerprint density at radius 2 is 1.92 bits per heavy atom. The quantitative estimate of drug-likeness (QED) is 0.685. The van der Waals surface area contributed by atoms with Crippen LogP contribution in [0.4, 0.5) is 11.5 Å². The molecule has 0 aliphatic rings. The third-order valence-corrected chi connectivity index (χ3v) is 3.09. The maximum Gasteiger partial charge on any atom is 0.263 e. The van der Waals surface area contributed by atoms with E-state index in [9.17, 15) is 4.79 Å². The van der Waals surface area contributed by atoms with E-state index in [-0.39, 0.29) is 12.5 Å². The van der Waals surface area contributed by atoms with Gasteiger partial charge in [-0.1, -0.05) is 12.1 Å². The molecule has 0 atom stereocenters. The highest BCUT2D eigenvalue weighted by molar-refractivity contribution is 5.91. The minimum atomic E-state index is -0.298. The van der Waals surface area contributed by atoms with E-state index >= 15 is 0 Å². The van der Waals surface area contributed by atoms with E-state index in [4.69, 9.17) is 14.2 Å². The molecule has 1 heterocycles. The lowest BCUT2D eigenvalue weighted by molar-refractivity contribution is -0.118. The maximum absolute atomic E-state index is 11.9. The van der Waals surface area contributed by atoms with E-state index in [1.165, 1.54) is 0 Å². The Morgan fingerprint density at radius 3 is 2.58 bits per heavy atom. The van der Waals surface area contributed by atoms with Gasteiger partial charge in [0.15, 0.2) is 18.1 Å². The molecule has 7 nitrogen and oxygen atoms in total. The summed E-state index contributed by atoms with van der Waals surface area (Å²) in [6, 6.07) is 10.7. The summed E-state index contributed by atoms with van der Waals surface area (Å²) in [4.78, 5) is 16.1. The van der Waals surface area contributed by atoms with Crippen molar-refractivity contribution in [1.82, 2.24) is 4.98 Å². The Morgan fingerprint density at radius 1 is 1.12 bits per heavy atom. The number of methoxy groups -OCH3 is 2. The fourth-order valence-electron chi connectivity index (χ4n) is 1.93. The molecule has 0 aliphatic carbocycles. The number of hydrogen-bond donors (Lipinski definition) is 2. The molecule has 1 aromatic carbocycles. The second-order valence-electron chi connectivity index (χ2n) is 4.84. The molecule has 0 bridgehead atoms. The third kappa shape index (κ3) is 5.44. The minimum absolute atomic E-state index is 0.129. The molecule has 2 aromatic rings. The molecule has 2 rings (SSSR count). The first-order chi connectivity index (χ1) is 11.7. The number of benzene rings is 1. The van der Waals surface area contributed by atoms with Crippen LogP contribution < -0.4 is 20.1 Å². The molecule has 0 saturated carbocycles. The Kier molecular flexibility index (Phi) is 6.85. The van der Waals surface area contributed by atoms with Crippen molar-refractivity contribution in [2.45, 2.75) is 0 Å². The van der Waals surface area contributed by atoms with E-state index < -0.39 is 0 Å². The Labute approximate surface area is 140 Å². The fraction of sp³-hybridized carbons (Fsp3) is 0.294. The van der Waals surface area contributed by atoms with Crippen molar-refractivity contribution in [3.05, 3.63) is 42.6 Å². The standard InChI is InChI=1S/C17H21N3O4/c1-22-10-9-18-13-7-8-16(19-11-13)20-17(21)12-24-15-6-4-3-5-14(15)23-2/h3-8,11,18H,9-10,12H2,1-2H3,(H,19,20,21). The molecular formula is C17H21N3O4. The number of carbonyl (C=O) groups excluding carboxylic acids is 1. The zero-order valence-electron chi connectivity index (χ0n) is 13.7. The summed E-state index contributed by atoms with van der Waals surface area (Å²) < 4.78 is 15.6. The van der Waals surface area contributed by atoms with Gasteiger partial charge in [-0.25, -0.2) is 4.98 Å². The van der Waals surface area contributed by atoms with E-state index in [0.717, 1.165) is 5.69 Å². The zero-order chi connectivity index (χ0) is 17.2. The van der Waals surface area contributed by atoms with Gasteiger partial charge in [0.2, 0.25) is 0 Å². The van der Waals surface area contributed by atoms with Gasteiger partial charge >= 0.3 is 0 Å². The second kappa shape index (κ2) is 9.36. The van der Waals surface area contributed by atoms with Crippen molar-refractivity contribution in [3.8, 4) is 11.5 Å². The highest BCUT2D eigenvalue weighted by Gasteiger charge is 2.07. The van der Waals surface area contributed by atoms with Gasteiger partial charge in [0.25, 0.3) is 5.91 Å². The van der Waals surface area contributed by atoms with Crippen molar-refractivity contribution in [2.24, 2.45) is 0 Å². The van der Waals surface area contributed by atoms with Crippen LogP contribution in [0.1, 0.15) is 0 Å². The molecule has 128 valence electrons. The lowest BCUT2D eigenvalue weighted by Crippen LogP contribution is -2.21. The summed E-state index contributed by atoms with van der Waals surface area (Å²) in [7, 11) is 3.19. The molecule has 0 unspecified atom stereocenters. The van der Waals surface area contributed by atoms with E-state index in [1.807, 2.05) is 18.2 Å². The van der Waals surface area contributed by atoms with Crippen LogP contribution in [0.5, 0.6) is 11.5 Å². The van der Waals surface area contributed by atoms with Gasteiger partial charge in [0.1, 0.15) is 5.82 Å². The van der Waals surface area contributed by atoms with Crippen LogP contribution in [-0.4, -0.2) is 44.9 Å². The lowest BCUT2D eigenvalue weighted by Gasteiger charge is -2.10. The van der Waals surface area contributed by atoms with Gasteiger partial charge in [0, 0.05) is 13.7 Å². The molecule has 1 amide bonds. The fourth-order valence-corrected chi connectivity index (χ4v) is 1.93. The van der Waals surface area contributed by atoms with Crippen molar-refractivity contribution < 1.29 is 19.0 Å². The van der Waals surface area contributed by atoms with Gasteiger partial charge in [-0.15, -0.1) is 0 Å². The van der Waals surface area contributed by atoms with E-state index in [2.05, 4.69) is 15.6 Å². The van der Waals surface area contributed by atoms with Crippen LogP contribution in [0.25, 0.3) is 0 Å². The number of carbonyl (C=O) groups is 1. The molecule has 0 radical (unpaired) electrons. The molecular weight excluding hydrogens is 310 g/mol. The lowest BCUT2D eigenvalue weighted by atomic mass is 10.3. The molecule has 0 fully saturated rings. The number of rotatable bonds is 9. The number of hydrogen-bond acceptors (Lipinski definition) is 6. The largest absolute Gasteiger partial charge is 0.493 e. The Balaban J connectivity index is 1.81. The molecule has 0 spiro atoms. The molecule has 24 heavy (non-hydrogen) atoms. The number of aromatic nitrogens is 1. The average molecular weight is 331 g/mol. The van der Waals surface area contributed by atoms with Gasteiger partial charge in [-0.3, -0.25) is 4.79 Å². The van der Waals surface area contributed by atoms with Gasteiger partial charge in [-0.05, 0) is 24.3 Å². The summed E-state index contributed by atoms with van der Waals surface area (Å²) in [5.41, 5.74) is 0.857. The first-order valence-corrected chi connectivity index (χ1v) is 7.47. The van der Waals surface area contributed by atoms with Gasteiger partial charge in [-0.2, -0.15) is 0 Å². The number of anilines is 2. The van der Waals surface area contributed by atoms with Crippen molar-refractivity contribution >= 4 is 17.4 Å². The highest BCUT2D eigenvalue weighted by atomic mass is 16.5. The smallest absolute Gasteiger partial charge is 0.263 e. The predicted molar refractivity (Wildman–Crippen MR) is 91.7 cm³/mol. The van der Waals surface area contributed by atoms with Crippen LogP contribution in [-0.2, 0) is 9.53 Å². The average Bonchev–Trinajstić information content (AvgIpc) is 2.62. The molecule has 0 aliphatic heterocycles. The van der Waals surface area contributed by atoms with Crippen LogP contribution >= 0.6 is 0 Å². The number of nitrogens with one attached hydrogen (secondary N) is 2. The minimum Gasteiger partial charge on any atom is -0.493 e. The number of nitrogens with zero attached hydrogens (tertiary/aromatic N) is 1. The van der Waals surface area contributed by atoms with Gasteiger partial charge in [0.05, 0.1) is 25.6 Å². The first-order valence-electron chi connectivity index (χ1n) is 7.47. The Bertz CT molecular complexity index is 647. The van der Waals surface area contributed by atoms with Crippen molar-refractivity contribution in [2.75, 3.05) is 44.6 Å². The summed E-state index contributed by atoms with van der Waals surface area (Å²) in [5, 5.41) is 5.82. The predicted octanol–water partition coefficient (Wildman–Crippen LogP) is 2.17. The van der Waals surface area contributed by atoms with Crippen LogP contribution in [0.2, 0.25) is 0 Å². The monoisotopic (exact) mass is 331 g/mol. The molecule has 7 heteroatoms. The summed E-state index contributed by atoms with van der Waals surface area (Å²) >= 11 is 0. The van der Waals surface area contributed by atoms with Crippen molar-refractivity contribution in [1.29, 1.82) is 0 Å². The summed E-state index contributed by atoms with van der Waals surface area (Å²) in [6.45, 7) is 1.17. The molecule has 1 aromatic heterocycles. The van der Waals surface area contributed by atoms with Gasteiger partial charge < -0.3 is 24.8 Å². The molecule has 2 N–H and O–H groups in total. The van der Waals surface area contributed by atoms with Crippen LogP contribution in [0.3, 0.4) is 0 Å². The second-order valence-corrected chi connectivity index (χ2v) is 4.84. The van der Waals surface area contributed by atoms with Crippen LogP contribution in [0, 0.1) is 0 Å². The number of amides is 1.